The summed E-state index contributed by atoms with van der Waals surface area (Å²) in [4.78, 5) is 0. The van der Waals surface area contributed by atoms with Gasteiger partial charge in [0.05, 0.1) is 11.3 Å². The number of nitrogen functional groups attached to an aromatic ring is 1. The van der Waals surface area contributed by atoms with E-state index in [1.54, 1.807) is 12.1 Å². The molecule has 3 N–H and O–H groups in total. The molecule has 0 radical (unpaired) electrons. The monoisotopic (exact) mass is 301 g/mol. The number of benzene rings is 2. The minimum atomic E-state index is 0.475. The summed E-state index contributed by atoms with van der Waals surface area (Å²) in [6.45, 7) is 2.03. The molecule has 2 aromatic carbocycles. The van der Waals surface area contributed by atoms with Gasteiger partial charge in [-0.25, -0.2) is 0 Å². The Hall–Kier alpha value is -1.99. The number of hydrogen-bond donors (Lipinski definition) is 2. The van der Waals surface area contributed by atoms with E-state index in [4.69, 9.17) is 11.0 Å². The molecule has 0 bridgehead atoms. The number of nitrogens with zero attached hydrogens (tertiary/aromatic N) is 1. The summed E-state index contributed by atoms with van der Waals surface area (Å²) >= 11 is 3.50. The number of halogens is 1. The van der Waals surface area contributed by atoms with Gasteiger partial charge in [0.25, 0.3) is 0 Å². The van der Waals surface area contributed by atoms with E-state index in [1.807, 2.05) is 31.2 Å². The van der Waals surface area contributed by atoms with Crippen molar-refractivity contribution in [3.63, 3.8) is 0 Å². The normalized spacial score (nSPS) is 9.83. The standard InChI is InChI=1S/C14H12BrN3/c1-9-2-5-14(12(15)6-9)18-11-3-4-13(17)10(7-11)8-16/h2-7,18H,17H2,1H3. The lowest BCUT2D eigenvalue weighted by Gasteiger charge is -2.10. The SMILES string of the molecule is Cc1ccc(Nc2ccc(N)c(C#N)c2)c(Br)c1. The maximum Gasteiger partial charge on any atom is 0.101 e. The maximum atomic E-state index is 8.93. The van der Waals surface area contributed by atoms with Crippen molar-refractivity contribution in [2.75, 3.05) is 11.1 Å². The van der Waals surface area contributed by atoms with Crippen LogP contribution in [0.4, 0.5) is 17.1 Å². The van der Waals surface area contributed by atoms with E-state index in [2.05, 4.69) is 27.3 Å². The van der Waals surface area contributed by atoms with Gasteiger partial charge in [0, 0.05) is 15.8 Å². The van der Waals surface area contributed by atoms with Crippen LogP contribution in [0.2, 0.25) is 0 Å². The molecule has 0 fully saturated rings. The Morgan fingerprint density at radius 1 is 1.22 bits per heavy atom. The number of nitriles is 1. The summed E-state index contributed by atoms with van der Waals surface area (Å²) in [5.41, 5.74) is 9.62. The second-order valence-corrected chi connectivity index (χ2v) is 4.88. The lowest BCUT2D eigenvalue weighted by Crippen LogP contribution is -1.95. The van der Waals surface area contributed by atoms with E-state index in [1.165, 1.54) is 5.56 Å². The number of nitrogens with two attached hydrogens (primary N) is 1. The van der Waals surface area contributed by atoms with E-state index >= 15 is 0 Å². The van der Waals surface area contributed by atoms with Gasteiger partial charge in [0.15, 0.2) is 0 Å². The van der Waals surface area contributed by atoms with Crippen LogP contribution in [0.1, 0.15) is 11.1 Å². The van der Waals surface area contributed by atoms with Crippen LogP contribution < -0.4 is 11.1 Å². The first-order valence-corrected chi connectivity index (χ1v) is 6.22. The summed E-state index contributed by atoms with van der Waals surface area (Å²) < 4.78 is 0.984. The summed E-state index contributed by atoms with van der Waals surface area (Å²) in [5, 5.41) is 12.2. The number of nitrogens with one attached hydrogen (secondary N) is 1. The van der Waals surface area contributed by atoms with Crippen molar-refractivity contribution in [1.82, 2.24) is 0 Å². The fraction of sp³-hybridized carbons (Fsp3) is 0.0714. The first-order valence-electron chi connectivity index (χ1n) is 5.43. The van der Waals surface area contributed by atoms with Crippen molar-refractivity contribution >= 4 is 33.0 Å². The maximum absolute atomic E-state index is 8.93. The molecule has 0 aliphatic rings. The molecular formula is C14H12BrN3. The Morgan fingerprint density at radius 2 is 2.00 bits per heavy atom. The summed E-state index contributed by atoms with van der Waals surface area (Å²) in [5.74, 6) is 0. The van der Waals surface area contributed by atoms with Crippen molar-refractivity contribution in [1.29, 1.82) is 5.26 Å². The van der Waals surface area contributed by atoms with Gasteiger partial charge in [-0.3, -0.25) is 0 Å². The van der Waals surface area contributed by atoms with Crippen LogP contribution in [0.3, 0.4) is 0 Å². The number of hydrogen-bond acceptors (Lipinski definition) is 3. The van der Waals surface area contributed by atoms with Gasteiger partial charge in [-0.05, 0) is 58.7 Å². The third kappa shape index (κ3) is 2.63. The topological polar surface area (TPSA) is 61.8 Å². The quantitative estimate of drug-likeness (QED) is 0.826. The summed E-state index contributed by atoms with van der Waals surface area (Å²) in [6.07, 6.45) is 0. The molecule has 0 spiro atoms. The third-order valence-corrected chi connectivity index (χ3v) is 3.23. The van der Waals surface area contributed by atoms with Crippen molar-refractivity contribution in [3.8, 4) is 6.07 Å². The Kier molecular flexibility index (Phi) is 3.54. The average molecular weight is 302 g/mol. The molecule has 0 aliphatic carbocycles. The molecule has 0 saturated heterocycles. The van der Waals surface area contributed by atoms with Gasteiger partial charge in [0.1, 0.15) is 6.07 Å². The molecule has 0 heterocycles. The van der Waals surface area contributed by atoms with Crippen LogP contribution in [-0.4, -0.2) is 0 Å². The molecule has 0 aromatic heterocycles. The Bertz CT molecular complexity index is 629. The highest BCUT2D eigenvalue weighted by Crippen LogP contribution is 2.28. The van der Waals surface area contributed by atoms with E-state index in [0.717, 1.165) is 15.8 Å². The number of anilines is 3. The first kappa shape index (κ1) is 12.5. The van der Waals surface area contributed by atoms with Gasteiger partial charge in [-0.15, -0.1) is 0 Å². The predicted molar refractivity (Wildman–Crippen MR) is 77.7 cm³/mol. The van der Waals surface area contributed by atoms with Crippen LogP contribution >= 0.6 is 15.9 Å². The summed E-state index contributed by atoms with van der Waals surface area (Å²) in [6, 6.07) is 13.4. The van der Waals surface area contributed by atoms with Crippen LogP contribution in [0.25, 0.3) is 0 Å². The number of aryl methyl sites for hydroxylation is 1. The minimum absolute atomic E-state index is 0.475. The van der Waals surface area contributed by atoms with Gasteiger partial charge in [-0.2, -0.15) is 5.26 Å². The lowest BCUT2D eigenvalue weighted by atomic mass is 10.1. The van der Waals surface area contributed by atoms with Gasteiger partial charge in [-0.1, -0.05) is 6.07 Å². The molecule has 3 nitrogen and oxygen atoms in total. The van der Waals surface area contributed by atoms with Crippen molar-refractivity contribution < 1.29 is 0 Å². The second-order valence-electron chi connectivity index (χ2n) is 4.02. The molecule has 0 amide bonds. The molecule has 4 heteroatoms. The van der Waals surface area contributed by atoms with E-state index in [9.17, 15) is 0 Å². The first-order chi connectivity index (χ1) is 8.60. The zero-order chi connectivity index (χ0) is 13.1. The van der Waals surface area contributed by atoms with E-state index in [-0.39, 0.29) is 0 Å². The molecule has 18 heavy (non-hydrogen) atoms. The highest BCUT2D eigenvalue weighted by atomic mass is 79.9. The Labute approximate surface area is 114 Å². The van der Waals surface area contributed by atoms with Crippen LogP contribution in [0.15, 0.2) is 40.9 Å². The van der Waals surface area contributed by atoms with Gasteiger partial charge in [0.2, 0.25) is 0 Å². The fourth-order valence-electron chi connectivity index (χ4n) is 1.61. The largest absolute Gasteiger partial charge is 0.398 e. The van der Waals surface area contributed by atoms with Crippen molar-refractivity contribution in [2.45, 2.75) is 6.92 Å². The molecule has 0 atom stereocenters. The predicted octanol–water partition coefficient (Wildman–Crippen LogP) is 3.96. The minimum Gasteiger partial charge on any atom is -0.398 e. The van der Waals surface area contributed by atoms with E-state index in [0.29, 0.717) is 11.3 Å². The van der Waals surface area contributed by atoms with Gasteiger partial charge >= 0.3 is 0 Å². The highest BCUT2D eigenvalue weighted by Gasteiger charge is 2.03. The smallest absolute Gasteiger partial charge is 0.101 e. The zero-order valence-corrected chi connectivity index (χ0v) is 11.5. The highest BCUT2D eigenvalue weighted by molar-refractivity contribution is 9.10. The Balaban J connectivity index is 2.32. The zero-order valence-electron chi connectivity index (χ0n) is 9.87. The van der Waals surface area contributed by atoms with Crippen molar-refractivity contribution in [3.05, 3.63) is 52.0 Å². The average Bonchev–Trinajstić information content (AvgIpc) is 2.35. The van der Waals surface area contributed by atoms with Crippen LogP contribution in [-0.2, 0) is 0 Å². The Morgan fingerprint density at radius 3 is 2.67 bits per heavy atom. The lowest BCUT2D eigenvalue weighted by molar-refractivity contribution is 1.42. The molecule has 2 aromatic rings. The second kappa shape index (κ2) is 5.11. The molecule has 0 unspecified atom stereocenters. The van der Waals surface area contributed by atoms with Crippen LogP contribution in [0, 0.1) is 18.3 Å². The van der Waals surface area contributed by atoms with Crippen LogP contribution in [0.5, 0.6) is 0 Å². The molecule has 0 saturated carbocycles. The third-order valence-electron chi connectivity index (χ3n) is 2.58. The van der Waals surface area contributed by atoms with Crippen molar-refractivity contribution in [2.24, 2.45) is 0 Å². The fourth-order valence-corrected chi connectivity index (χ4v) is 2.20. The molecule has 2 rings (SSSR count). The molecule has 0 aliphatic heterocycles. The summed E-state index contributed by atoms with van der Waals surface area (Å²) in [7, 11) is 0. The van der Waals surface area contributed by atoms with Gasteiger partial charge < -0.3 is 11.1 Å². The van der Waals surface area contributed by atoms with E-state index < -0.39 is 0 Å². The molecular weight excluding hydrogens is 290 g/mol. The number of rotatable bonds is 2. The molecule has 90 valence electrons.